The Morgan fingerprint density at radius 1 is 1.33 bits per heavy atom. The zero-order valence-electron chi connectivity index (χ0n) is 14.0. The summed E-state index contributed by atoms with van der Waals surface area (Å²) < 4.78 is 1.93. The number of rotatable bonds is 4. The van der Waals surface area contributed by atoms with Crippen LogP contribution in [0.25, 0.3) is 11.2 Å². The third-order valence-corrected chi connectivity index (χ3v) is 4.05. The zero-order chi connectivity index (χ0) is 17.4. The maximum absolute atomic E-state index is 12.1. The minimum Gasteiger partial charge on any atom is -0.364 e. The van der Waals surface area contributed by atoms with E-state index in [9.17, 15) is 4.79 Å². The molecule has 3 aromatic heterocycles. The molecule has 3 heterocycles. The predicted octanol–water partition coefficient (Wildman–Crippen LogP) is 2.98. The number of aromatic nitrogens is 5. The molecule has 2 N–H and O–H groups in total. The van der Waals surface area contributed by atoms with Crippen molar-refractivity contribution in [1.82, 2.24) is 24.5 Å². The van der Waals surface area contributed by atoms with Gasteiger partial charge in [-0.3, -0.25) is 4.79 Å². The molecule has 3 aromatic rings. The minimum absolute atomic E-state index is 0.107. The van der Waals surface area contributed by atoms with E-state index in [1.807, 2.05) is 38.3 Å². The average Bonchev–Trinajstić information content (AvgIpc) is 2.89. The number of nitrogens with zero attached hydrogens (tertiary/aromatic N) is 4. The molecule has 0 aliphatic heterocycles. The number of nitrogens with one attached hydrogen (secondary N) is 2. The number of pyridine rings is 1. The average molecular weight is 347 g/mol. The molecule has 0 aromatic carbocycles. The second-order valence-corrected chi connectivity index (χ2v) is 6.39. The van der Waals surface area contributed by atoms with Gasteiger partial charge in [-0.05, 0) is 50.9 Å². The zero-order valence-corrected chi connectivity index (χ0v) is 14.8. The Morgan fingerprint density at radius 3 is 2.75 bits per heavy atom. The van der Waals surface area contributed by atoms with Gasteiger partial charge in [0, 0.05) is 23.8 Å². The number of aryl methyl sites for hydroxylation is 2. The van der Waals surface area contributed by atoms with E-state index in [0.29, 0.717) is 29.1 Å². The normalized spacial score (nSPS) is 11.4. The first kappa shape index (κ1) is 16.4. The van der Waals surface area contributed by atoms with Crippen LogP contribution in [0.3, 0.4) is 0 Å². The summed E-state index contributed by atoms with van der Waals surface area (Å²) in [5.74, 6) is 0.517. The van der Waals surface area contributed by atoms with E-state index >= 15 is 0 Å². The van der Waals surface area contributed by atoms with Crippen molar-refractivity contribution in [2.45, 2.75) is 40.3 Å². The summed E-state index contributed by atoms with van der Waals surface area (Å²) in [5, 5.41) is 3.31. The molecule has 7 nitrogen and oxygen atoms in total. The highest BCUT2D eigenvalue weighted by Gasteiger charge is 2.15. The number of anilines is 1. The lowest BCUT2D eigenvalue weighted by atomic mass is 10.1. The molecule has 8 heteroatoms. The molecule has 0 saturated heterocycles. The van der Waals surface area contributed by atoms with Crippen LogP contribution in [0.1, 0.15) is 36.7 Å². The smallest absolute Gasteiger partial charge is 0.253 e. The monoisotopic (exact) mass is 346 g/mol. The molecule has 0 unspecified atom stereocenters. The van der Waals surface area contributed by atoms with Crippen molar-refractivity contribution >= 4 is 28.6 Å². The lowest BCUT2D eigenvalue weighted by Gasteiger charge is -2.10. The summed E-state index contributed by atoms with van der Waals surface area (Å²) in [7, 11) is 0. The molecule has 24 heavy (non-hydrogen) atoms. The van der Waals surface area contributed by atoms with E-state index in [1.54, 1.807) is 6.33 Å². The van der Waals surface area contributed by atoms with Gasteiger partial charge in [0.2, 0.25) is 5.28 Å². The van der Waals surface area contributed by atoms with Gasteiger partial charge in [0.15, 0.2) is 17.0 Å². The molecule has 0 bridgehead atoms. The molecule has 0 radical (unpaired) electrons. The molecule has 0 fully saturated rings. The summed E-state index contributed by atoms with van der Waals surface area (Å²) in [6, 6.07) is 2.14. The van der Waals surface area contributed by atoms with Gasteiger partial charge in [0.1, 0.15) is 0 Å². The molecule has 0 amide bonds. The van der Waals surface area contributed by atoms with Gasteiger partial charge in [-0.1, -0.05) is 0 Å². The lowest BCUT2D eigenvalue weighted by molar-refractivity contribution is 0.612. The van der Waals surface area contributed by atoms with Crippen molar-refractivity contribution in [3.63, 3.8) is 0 Å². The quantitative estimate of drug-likeness (QED) is 0.709. The molecular weight excluding hydrogens is 328 g/mol. The molecule has 0 aliphatic carbocycles. The first-order valence-corrected chi connectivity index (χ1v) is 8.08. The van der Waals surface area contributed by atoms with Gasteiger partial charge < -0.3 is 14.9 Å². The summed E-state index contributed by atoms with van der Waals surface area (Å²) in [6.45, 7) is 8.19. The Bertz CT molecular complexity index is 959. The van der Waals surface area contributed by atoms with Gasteiger partial charge in [0.05, 0.1) is 6.33 Å². The van der Waals surface area contributed by atoms with Crippen LogP contribution in [0.15, 0.2) is 17.2 Å². The second-order valence-electron chi connectivity index (χ2n) is 6.06. The fourth-order valence-corrected chi connectivity index (χ4v) is 2.83. The van der Waals surface area contributed by atoms with E-state index in [1.165, 1.54) is 0 Å². The van der Waals surface area contributed by atoms with Gasteiger partial charge in [-0.25, -0.2) is 4.98 Å². The van der Waals surface area contributed by atoms with Crippen molar-refractivity contribution in [2.75, 3.05) is 5.32 Å². The molecule has 0 spiro atoms. The minimum atomic E-state index is -0.107. The number of H-pyrrole nitrogens is 1. The summed E-state index contributed by atoms with van der Waals surface area (Å²) in [5.41, 5.74) is 3.62. The van der Waals surface area contributed by atoms with E-state index < -0.39 is 0 Å². The van der Waals surface area contributed by atoms with Crippen LogP contribution in [0.2, 0.25) is 5.28 Å². The fraction of sp³-hybridized carbons (Fsp3) is 0.375. The summed E-state index contributed by atoms with van der Waals surface area (Å²) in [6.07, 6.45) is 1.72. The van der Waals surface area contributed by atoms with Crippen LogP contribution in [-0.2, 0) is 6.54 Å². The highest BCUT2D eigenvalue weighted by atomic mass is 35.5. The van der Waals surface area contributed by atoms with Crippen LogP contribution in [0.5, 0.6) is 0 Å². The Hall–Kier alpha value is -2.41. The fourth-order valence-electron chi connectivity index (χ4n) is 2.66. The third kappa shape index (κ3) is 2.99. The van der Waals surface area contributed by atoms with Crippen molar-refractivity contribution in [2.24, 2.45) is 0 Å². The Kier molecular flexibility index (Phi) is 4.28. The van der Waals surface area contributed by atoms with Crippen LogP contribution >= 0.6 is 11.6 Å². The topological polar surface area (TPSA) is 88.5 Å². The maximum Gasteiger partial charge on any atom is 0.253 e. The number of hydrogen-bond acceptors (Lipinski definition) is 5. The number of imidazole rings is 1. The van der Waals surface area contributed by atoms with Crippen LogP contribution < -0.4 is 10.9 Å². The highest BCUT2D eigenvalue weighted by molar-refractivity contribution is 6.28. The van der Waals surface area contributed by atoms with Gasteiger partial charge in [0.25, 0.3) is 5.56 Å². The first-order valence-electron chi connectivity index (χ1n) is 7.70. The Balaban J connectivity index is 1.98. The molecule has 126 valence electrons. The van der Waals surface area contributed by atoms with E-state index in [4.69, 9.17) is 11.6 Å². The molecule has 0 aliphatic rings. The summed E-state index contributed by atoms with van der Waals surface area (Å²) >= 11 is 6.05. The third-order valence-electron chi connectivity index (χ3n) is 3.88. The van der Waals surface area contributed by atoms with E-state index in [2.05, 4.69) is 25.3 Å². The number of halogens is 1. The highest BCUT2D eigenvalue weighted by Crippen LogP contribution is 2.23. The van der Waals surface area contributed by atoms with E-state index in [-0.39, 0.29) is 16.9 Å². The SMILES string of the molecule is Cc1cc(C)c(CNc2nc(Cl)nc3c2ncn3C(C)C)c(=O)[nH]1. The molecular formula is C16H19ClN6O. The van der Waals surface area contributed by atoms with Crippen molar-refractivity contribution in [3.05, 3.63) is 44.9 Å². The van der Waals surface area contributed by atoms with Gasteiger partial charge in [-0.15, -0.1) is 0 Å². The number of fused-ring (bicyclic) bond motifs is 1. The van der Waals surface area contributed by atoms with Crippen molar-refractivity contribution < 1.29 is 0 Å². The largest absolute Gasteiger partial charge is 0.364 e. The summed E-state index contributed by atoms with van der Waals surface area (Å²) in [4.78, 5) is 27.8. The van der Waals surface area contributed by atoms with E-state index in [0.717, 1.165) is 11.3 Å². The molecule has 0 saturated carbocycles. The second kappa shape index (κ2) is 6.24. The van der Waals surface area contributed by atoms with Gasteiger partial charge in [-0.2, -0.15) is 9.97 Å². The van der Waals surface area contributed by atoms with Crippen molar-refractivity contribution in [3.8, 4) is 0 Å². The lowest BCUT2D eigenvalue weighted by Crippen LogP contribution is -2.19. The van der Waals surface area contributed by atoms with Crippen LogP contribution in [0.4, 0.5) is 5.82 Å². The molecule has 3 rings (SSSR count). The van der Waals surface area contributed by atoms with Crippen LogP contribution in [-0.4, -0.2) is 24.5 Å². The standard InChI is InChI=1S/C16H19ClN6O/c1-8(2)23-7-19-12-13(21-16(17)22-14(12)23)18-6-11-9(3)5-10(4)20-15(11)24/h5,7-8H,6H2,1-4H3,(H,20,24)(H,18,21,22). The first-order chi connectivity index (χ1) is 11.4. The van der Waals surface area contributed by atoms with Gasteiger partial charge >= 0.3 is 0 Å². The molecule has 0 atom stereocenters. The Labute approximate surface area is 144 Å². The number of aromatic amines is 1. The number of hydrogen-bond donors (Lipinski definition) is 2. The predicted molar refractivity (Wildman–Crippen MR) is 94.6 cm³/mol. The Morgan fingerprint density at radius 2 is 2.08 bits per heavy atom. The van der Waals surface area contributed by atoms with Crippen LogP contribution in [0, 0.1) is 13.8 Å². The van der Waals surface area contributed by atoms with Crippen molar-refractivity contribution in [1.29, 1.82) is 0 Å². The maximum atomic E-state index is 12.1.